The van der Waals surface area contributed by atoms with E-state index in [2.05, 4.69) is 20.8 Å². The molecule has 0 radical (unpaired) electrons. The lowest BCUT2D eigenvalue weighted by Gasteiger charge is -2.29. The maximum atomic E-state index is 6.09. The Kier molecular flexibility index (Phi) is 1.78. The minimum absolute atomic E-state index is 0.345. The maximum Gasteiger partial charge on any atom is 0.124 e. The van der Waals surface area contributed by atoms with Gasteiger partial charge in [-0.1, -0.05) is 20.8 Å². The Morgan fingerprint density at radius 2 is 1.50 bits per heavy atom. The van der Waals surface area contributed by atoms with Crippen molar-refractivity contribution >= 4 is 23.2 Å². The first kappa shape index (κ1) is 9.15. The normalized spacial score (nSPS) is 44.2. The van der Waals surface area contributed by atoms with Crippen LogP contribution in [-0.2, 0) is 0 Å². The van der Waals surface area contributed by atoms with Crippen LogP contribution in [0.15, 0.2) is 0 Å². The fourth-order valence-corrected chi connectivity index (χ4v) is 3.36. The molecule has 0 aliphatic heterocycles. The highest BCUT2D eigenvalue weighted by atomic mass is 35.5. The lowest BCUT2D eigenvalue weighted by molar-refractivity contribution is 0.226. The Morgan fingerprint density at radius 3 is 1.83 bits per heavy atom. The summed E-state index contributed by atoms with van der Waals surface area (Å²) >= 11 is 12.2. The van der Waals surface area contributed by atoms with Gasteiger partial charge in [0.15, 0.2) is 0 Å². The first-order valence-electron chi connectivity index (χ1n) is 4.71. The van der Waals surface area contributed by atoms with E-state index >= 15 is 0 Å². The van der Waals surface area contributed by atoms with Crippen LogP contribution >= 0.6 is 23.2 Å². The van der Waals surface area contributed by atoms with E-state index in [1.807, 2.05) is 0 Å². The van der Waals surface area contributed by atoms with Crippen LogP contribution in [0.2, 0.25) is 0 Å². The number of fused-ring (bicyclic) bond motifs is 1. The Morgan fingerprint density at radius 1 is 1.08 bits per heavy atom. The van der Waals surface area contributed by atoms with Gasteiger partial charge in [0.2, 0.25) is 0 Å². The van der Waals surface area contributed by atoms with Crippen molar-refractivity contribution in [2.75, 3.05) is 0 Å². The summed E-state index contributed by atoms with van der Waals surface area (Å²) in [7, 11) is 0. The van der Waals surface area contributed by atoms with Crippen LogP contribution in [0.4, 0.5) is 0 Å². The van der Waals surface area contributed by atoms with E-state index in [0.29, 0.717) is 17.3 Å². The summed E-state index contributed by atoms with van der Waals surface area (Å²) < 4.78 is -0.345. The third-order valence-corrected chi connectivity index (χ3v) is 4.79. The molecule has 2 aliphatic carbocycles. The van der Waals surface area contributed by atoms with Crippen molar-refractivity contribution in [2.24, 2.45) is 23.2 Å². The first-order chi connectivity index (χ1) is 5.33. The minimum atomic E-state index is -0.345. The Bertz CT molecular complexity index is 188. The molecule has 2 atom stereocenters. The van der Waals surface area contributed by atoms with E-state index in [1.165, 1.54) is 12.8 Å². The second-order valence-electron chi connectivity index (χ2n) is 5.42. The third-order valence-electron chi connectivity index (χ3n) is 3.67. The number of alkyl halides is 2. The highest BCUT2D eigenvalue weighted by Gasteiger charge is 2.67. The number of halogens is 2. The molecule has 0 nitrogen and oxygen atoms in total. The Balaban J connectivity index is 1.99. The van der Waals surface area contributed by atoms with E-state index in [1.54, 1.807) is 0 Å². The van der Waals surface area contributed by atoms with E-state index in [4.69, 9.17) is 23.2 Å². The van der Waals surface area contributed by atoms with Gasteiger partial charge in [0.05, 0.1) is 0 Å². The minimum Gasteiger partial charge on any atom is -0.101 e. The Hall–Kier alpha value is 0.580. The van der Waals surface area contributed by atoms with Crippen LogP contribution in [0.1, 0.15) is 33.6 Å². The summed E-state index contributed by atoms with van der Waals surface area (Å²) in [6.45, 7) is 6.94. The summed E-state index contributed by atoms with van der Waals surface area (Å²) in [5.74, 6) is 2.04. The molecule has 0 aromatic heterocycles. The van der Waals surface area contributed by atoms with Crippen molar-refractivity contribution < 1.29 is 0 Å². The molecule has 0 bridgehead atoms. The van der Waals surface area contributed by atoms with Gasteiger partial charge in [-0.25, -0.2) is 0 Å². The smallest absolute Gasteiger partial charge is 0.101 e. The standard InChI is InChI=1S/C10H16Cl2/c1-9(2,3)6-4-7-8(5-6)10(7,11)12/h6-8H,4-5H2,1-3H3. The van der Waals surface area contributed by atoms with Gasteiger partial charge in [-0.2, -0.15) is 0 Å². The topological polar surface area (TPSA) is 0 Å². The fraction of sp³-hybridized carbons (Fsp3) is 1.00. The molecule has 2 fully saturated rings. The summed E-state index contributed by atoms with van der Waals surface area (Å²) in [5.41, 5.74) is 0.442. The van der Waals surface area contributed by atoms with Crippen LogP contribution in [0.25, 0.3) is 0 Å². The van der Waals surface area contributed by atoms with Crippen LogP contribution in [0.5, 0.6) is 0 Å². The molecular formula is C10H16Cl2. The molecule has 0 aromatic carbocycles. The van der Waals surface area contributed by atoms with Crippen molar-refractivity contribution in [3.05, 3.63) is 0 Å². The van der Waals surface area contributed by atoms with E-state index < -0.39 is 0 Å². The van der Waals surface area contributed by atoms with E-state index in [0.717, 1.165) is 5.92 Å². The SMILES string of the molecule is CC(C)(C)C1CC2C(C1)C2(Cl)Cl. The maximum absolute atomic E-state index is 6.09. The molecule has 0 N–H and O–H groups in total. The first-order valence-corrected chi connectivity index (χ1v) is 5.47. The lowest BCUT2D eigenvalue weighted by Crippen LogP contribution is -2.21. The lowest BCUT2D eigenvalue weighted by atomic mass is 9.78. The molecule has 2 aliphatic rings. The zero-order valence-electron chi connectivity index (χ0n) is 7.90. The largest absolute Gasteiger partial charge is 0.124 e. The van der Waals surface area contributed by atoms with Gasteiger partial charge in [0.25, 0.3) is 0 Å². The zero-order valence-corrected chi connectivity index (χ0v) is 9.41. The predicted octanol–water partition coefficient (Wildman–Crippen LogP) is 3.86. The second kappa shape index (κ2) is 2.33. The molecule has 0 saturated heterocycles. The molecule has 2 rings (SSSR count). The average molecular weight is 207 g/mol. The predicted molar refractivity (Wildman–Crippen MR) is 53.6 cm³/mol. The number of hydrogen-bond acceptors (Lipinski definition) is 0. The highest BCUT2D eigenvalue weighted by Crippen LogP contribution is 2.70. The molecular weight excluding hydrogens is 191 g/mol. The number of rotatable bonds is 0. The molecule has 0 amide bonds. The Labute approximate surface area is 84.6 Å². The van der Waals surface area contributed by atoms with Gasteiger partial charge in [0.1, 0.15) is 4.33 Å². The summed E-state index contributed by atoms with van der Waals surface area (Å²) in [5, 5.41) is 0. The molecule has 0 spiro atoms. The van der Waals surface area contributed by atoms with Gasteiger partial charge in [-0.15, -0.1) is 23.2 Å². The molecule has 2 saturated carbocycles. The molecule has 2 heteroatoms. The average Bonchev–Trinajstić information content (AvgIpc) is 2.31. The van der Waals surface area contributed by atoms with Gasteiger partial charge in [0, 0.05) is 0 Å². The van der Waals surface area contributed by atoms with Crippen molar-refractivity contribution in [2.45, 2.75) is 37.9 Å². The van der Waals surface area contributed by atoms with Crippen LogP contribution in [-0.4, -0.2) is 4.33 Å². The summed E-state index contributed by atoms with van der Waals surface area (Å²) in [6.07, 6.45) is 2.47. The van der Waals surface area contributed by atoms with Crippen molar-refractivity contribution in [3.8, 4) is 0 Å². The molecule has 2 unspecified atom stereocenters. The van der Waals surface area contributed by atoms with Crippen LogP contribution in [0.3, 0.4) is 0 Å². The third kappa shape index (κ3) is 1.19. The number of hydrogen-bond donors (Lipinski definition) is 0. The van der Waals surface area contributed by atoms with Crippen molar-refractivity contribution in [3.63, 3.8) is 0 Å². The van der Waals surface area contributed by atoms with Gasteiger partial charge >= 0.3 is 0 Å². The van der Waals surface area contributed by atoms with Crippen LogP contribution in [0, 0.1) is 23.2 Å². The molecule has 70 valence electrons. The zero-order chi connectivity index (χ0) is 9.15. The highest BCUT2D eigenvalue weighted by molar-refractivity contribution is 6.51. The van der Waals surface area contributed by atoms with Crippen LogP contribution < -0.4 is 0 Å². The van der Waals surface area contributed by atoms with E-state index in [9.17, 15) is 0 Å². The van der Waals surface area contributed by atoms with E-state index in [-0.39, 0.29) is 4.33 Å². The summed E-state index contributed by atoms with van der Waals surface area (Å²) in [4.78, 5) is 0. The van der Waals surface area contributed by atoms with Gasteiger partial charge in [-0.05, 0) is 36.0 Å². The van der Waals surface area contributed by atoms with Crippen molar-refractivity contribution in [1.82, 2.24) is 0 Å². The fourth-order valence-electron chi connectivity index (χ4n) is 2.52. The van der Waals surface area contributed by atoms with Gasteiger partial charge in [-0.3, -0.25) is 0 Å². The quantitative estimate of drug-likeness (QED) is 0.529. The van der Waals surface area contributed by atoms with Crippen molar-refractivity contribution in [1.29, 1.82) is 0 Å². The second-order valence-corrected chi connectivity index (χ2v) is 6.87. The molecule has 0 aromatic rings. The molecule has 0 heterocycles. The monoisotopic (exact) mass is 206 g/mol. The van der Waals surface area contributed by atoms with Gasteiger partial charge < -0.3 is 0 Å². The molecule has 12 heavy (non-hydrogen) atoms. The summed E-state index contributed by atoms with van der Waals surface area (Å²) in [6, 6.07) is 0.